The third-order valence-corrected chi connectivity index (χ3v) is 8.68. The lowest BCUT2D eigenvalue weighted by Crippen LogP contribution is -2.55. The van der Waals surface area contributed by atoms with Crippen LogP contribution in [0.5, 0.6) is 0 Å². The third kappa shape index (κ3) is 8.30. The molecule has 7 nitrogen and oxygen atoms in total. The van der Waals surface area contributed by atoms with E-state index in [9.17, 15) is 22.4 Å². The summed E-state index contributed by atoms with van der Waals surface area (Å²) < 4.78 is 42.5. The second kappa shape index (κ2) is 13.0. The second-order valence-corrected chi connectivity index (χ2v) is 13.3. The van der Waals surface area contributed by atoms with Crippen LogP contribution in [-0.4, -0.2) is 43.3 Å². The highest BCUT2D eigenvalue weighted by Crippen LogP contribution is 2.29. The molecule has 10 heteroatoms. The molecule has 3 rings (SSSR count). The first-order valence-corrected chi connectivity index (χ1v) is 15.2. The second-order valence-electron chi connectivity index (χ2n) is 11.1. The van der Waals surface area contributed by atoms with Crippen LogP contribution in [0.25, 0.3) is 0 Å². The molecule has 0 bridgehead atoms. The maximum Gasteiger partial charge on any atom is 0.264 e. The third-order valence-electron chi connectivity index (χ3n) is 6.48. The highest BCUT2D eigenvalue weighted by molar-refractivity contribution is 7.92. The largest absolute Gasteiger partial charge is 0.350 e. The van der Waals surface area contributed by atoms with Crippen molar-refractivity contribution in [2.45, 2.75) is 71.0 Å². The standard InChI is InChI=1S/C31H37ClFN3O4S/c1-7-28(30(38)34-31(4,5)6)35(19-23-11-13-24(33)14-12-23)29(37)20-36(25-15-10-22(3)27(32)18-25)41(39,40)26-16-8-21(2)9-17-26/h8-18,28H,7,19-20H2,1-6H3,(H,34,38)/t28-/m0/s1. The number of sulfonamides is 1. The number of halogens is 2. The number of carbonyl (C=O) groups excluding carboxylic acids is 2. The van der Waals surface area contributed by atoms with Gasteiger partial charge in [-0.15, -0.1) is 0 Å². The normalized spacial score (nSPS) is 12.5. The Balaban J connectivity index is 2.09. The van der Waals surface area contributed by atoms with Gasteiger partial charge in [-0.3, -0.25) is 13.9 Å². The Morgan fingerprint density at radius 1 is 0.976 bits per heavy atom. The number of anilines is 1. The highest BCUT2D eigenvalue weighted by atomic mass is 35.5. The Bertz CT molecular complexity index is 1490. The number of hydrogen-bond donors (Lipinski definition) is 1. The minimum atomic E-state index is -4.21. The number of carbonyl (C=O) groups is 2. The molecule has 3 aromatic carbocycles. The number of rotatable bonds is 10. The number of nitrogens with zero attached hydrogens (tertiary/aromatic N) is 2. The predicted octanol–water partition coefficient (Wildman–Crippen LogP) is 6.01. The Kier molecular flexibility index (Phi) is 10.2. The highest BCUT2D eigenvalue weighted by Gasteiger charge is 2.34. The van der Waals surface area contributed by atoms with Gasteiger partial charge >= 0.3 is 0 Å². The van der Waals surface area contributed by atoms with Gasteiger partial charge in [0.15, 0.2) is 0 Å². The van der Waals surface area contributed by atoms with Gasteiger partial charge in [-0.25, -0.2) is 12.8 Å². The summed E-state index contributed by atoms with van der Waals surface area (Å²) in [6.07, 6.45) is 0.274. The molecule has 0 aromatic heterocycles. The maximum atomic E-state index is 14.1. The molecule has 1 N–H and O–H groups in total. The van der Waals surface area contributed by atoms with Crippen molar-refractivity contribution >= 4 is 39.1 Å². The zero-order chi connectivity index (χ0) is 30.5. The Morgan fingerprint density at radius 2 is 1.59 bits per heavy atom. The topological polar surface area (TPSA) is 86.8 Å². The van der Waals surface area contributed by atoms with Crippen LogP contribution in [0.15, 0.2) is 71.6 Å². The number of benzene rings is 3. The average Bonchev–Trinajstić information content (AvgIpc) is 2.89. The van der Waals surface area contributed by atoms with E-state index < -0.39 is 39.9 Å². The lowest BCUT2D eigenvalue weighted by Gasteiger charge is -2.34. The van der Waals surface area contributed by atoms with Gasteiger partial charge in [-0.2, -0.15) is 0 Å². The molecular weight excluding hydrogens is 565 g/mol. The minimum Gasteiger partial charge on any atom is -0.350 e. The first-order chi connectivity index (χ1) is 19.1. The summed E-state index contributed by atoms with van der Waals surface area (Å²) in [5, 5.41) is 3.26. The Hall–Kier alpha value is -3.43. The van der Waals surface area contributed by atoms with Crippen molar-refractivity contribution in [3.05, 3.63) is 94.3 Å². The summed E-state index contributed by atoms with van der Waals surface area (Å²) in [7, 11) is -4.21. The van der Waals surface area contributed by atoms with Crippen LogP contribution in [0.1, 0.15) is 50.8 Å². The summed E-state index contributed by atoms with van der Waals surface area (Å²) in [4.78, 5) is 28.8. The summed E-state index contributed by atoms with van der Waals surface area (Å²) in [6.45, 7) is 10.3. The lowest BCUT2D eigenvalue weighted by molar-refractivity contribution is -0.141. The molecule has 0 saturated carbocycles. The molecule has 0 saturated heterocycles. The fourth-order valence-corrected chi connectivity index (χ4v) is 5.84. The van der Waals surface area contributed by atoms with E-state index in [1.54, 1.807) is 38.1 Å². The van der Waals surface area contributed by atoms with E-state index in [1.165, 1.54) is 47.4 Å². The van der Waals surface area contributed by atoms with Gasteiger partial charge in [0, 0.05) is 17.1 Å². The van der Waals surface area contributed by atoms with Crippen LogP contribution in [-0.2, 0) is 26.2 Å². The molecule has 0 aliphatic heterocycles. The van der Waals surface area contributed by atoms with Crippen LogP contribution < -0.4 is 9.62 Å². The molecule has 0 aliphatic carbocycles. The van der Waals surface area contributed by atoms with E-state index in [1.807, 2.05) is 27.7 Å². The van der Waals surface area contributed by atoms with E-state index in [0.29, 0.717) is 10.6 Å². The average molecular weight is 602 g/mol. The number of hydrogen-bond acceptors (Lipinski definition) is 4. The van der Waals surface area contributed by atoms with E-state index in [2.05, 4.69) is 5.32 Å². The molecule has 0 heterocycles. The minimum absolute atomic E-state index is 0.00944. The predicted molar refractivity (Wildman–Crippen MR) is 161 cm³/mol. The summed E-state index contributed by atoms with van der Waals surface area (Å²) in [5.74, 6) is -1.41. The lowest BCUT2D eigenvalue weighted by atomic mass is 10.1. The van der Waals surface area contributed by atoms with Crippen LogP contribution in [0, 0.1) is 19.7 Å². The van der Waals surface area contributed by atoms with Crippen molar-refractivity contribution in [3.8, 4) is 0 Å². The quantitative estimate of drug-likeness (QED) is 0.308. The molecule has 0 fully saturated rings. The van der Waals surface area contributed by atoms with Gasteiger partial charge in [0.05, 0.1) is 10.6 Å². The molecule has 1 atom stereocenters. The van der Waals surface area contributed by atoms with Crippen LogP contribution >= 0.6 is 11.6 Å². The smallest absolute Gasteiger partial charge is 0.264 e. The first-order valence-electron chi connectivity index (χ1n) is 13.3. The fourth-order valence-electron chi connectivity index (χ4n) is 4.26. The Morgan fingerprint density at radius 3 is 2.12 bits per heavy atom. The zero-order valence-corrected chi connectivity index (χ0v) is 25.8. The molecule has 3 aromatic rings. The molecule has 41 heavy (non-hydrogen) atoms. The summed E-state index contributed by atoms with van der Waals surface area (Å²) >= 11 is 6.37. The molecule has 0 unspecified atom stereocenters. The molecule has 0 radical (unpaired) electrons. The van der Waals surface area contributed by atoms with Crippen molar-refractivity contribution in [2.24, 2.45) is 0 Å². The van der Waals surface area contributed by atoms with Crippen molar-refractivity contribution < 1.29 is 22.4 Å². The van der Waals surface area contributed by atoms with E-state index in [-0.39, 0.29) is 29.5 Å². The maximum absolute atomic E-state index is 14.1. The van der Waals surface area contributed by atoms with E-state index in [4.69, 9.17) is 11.6 Å². The molecule has 220 valence electrons. The molecular formula is C31H37ClFN3O4S. The Labute approximate surface area is 247 Å². The van der Waals surface area contributed by atoms with Crippen molar-refractivity contribution in [2.75, 3.05) is 10.8 Å². The van der Waals surface area contributed by atoms with Crippen LogP contribution in [0.3, 0.4) is 0 Å². The van der Waals surface area contributed by atoms with Crippen LogP contribution in [0.4, 0.5) is 10.1 Å². The summed E-state index contributed by atoms with van der Waals surface area (Å²) in [5.41, 5.74) is 1.87. The first kappa shape index (κ1) is 32.1. The van der Waals surface area contributed by atoms with Gasteiger partial charge < -0.3 is 10.2 Å². The van der Waals surface area contributed by atoms with Gasteiger partial charge in [-0.1, -0.05) is 54.4 Å². The van der Waals surface area contributed by atoms with Crippen molar-refractivity contribution in [1.82, 2.24) is 10.2 Å². The monoisotopic (exact) mass is 601 g/mol. The summed E-state index contributed by atoms with van der Waals surface area (Å²) in [6, 6.07) is 15.8. The van der Waals surface area contributed by atoms with E-state index in [0.717, 1.165) is 15.4 Å². The number of amides is 2. The van der Waals surface area contributed by atoms with Crippen molar-refractivity contribution in [1.29, 1.82) is 0 Å². The van der Waals surface area contributed by atoms with Crippen LogP contribution in [0.2, 0.25) is 5.02 Å². The fraction of sp³-hybridized carbons (Fsp3) is 0.355. The number of aryl methyl sites for hydroxylation is 2. The van der Waals surface area contributed by atoms with Crippen molar-refractivity contribution in [3.63, 3.8) is 0 Å². The van der Waals surface area contributed by atoms with E-state index >= 15 is 0 Å². The zero-order valence-electron chi connectivity index (χ0n) is 24.2. The van der Waals surface area contributed by atoms with Gasteiger partial charge in [-0.05, 0) is 88.6 Å². The van der Waals surface area contributed by atoms with Gasteiger partial charge in [0.2, 0.25) is 11.8 Å². The molecule has 0 aliphatic rings. The van der Waals surface area contributed by atoms with Gasteiger partial charge in [0.1, 0.15) is 18.4 Å². The SMILES string of the molecule is CC[C@@H](C(=O)NC(C)(C)C)N(Cc1ccc(F)cc1)C(=O)CN(c1ccc(C)c(Cl)c1)S(=O)(=O)c1ccc(C)cc1. The molecule has 0 spiro atoms. The molecule has 2 amide bonds. The number of nitrogens with one attached hydrogen (secondary N) is 1. The van der Waals surface area contributed by atoms with Gasteiger partial charge in [0.25, 0.3) is 10.0 Å².